The Kier molecular flexibility index (Phi) is 9.00. The molecule has 33 heavy (non-hydrogen) atoms. The molecule has 0 aliphatic heterocycles. The molecule has 14 heteroatoms. The van der Waals surface area contributed by atoms with Crippen LogP contribution in [-0.2, 0) is 9.47 Å². The maximum Gasteiger partial charge on any atom is 0.263 e. The van der Waals surface area contributed by atoms with E-state index >= 15 is 0 Å². The molecule has 0 atom stereocenters. The predicted molar refractivity (Wildman–Crippen MR) is 126 cm³/mol. The van der Waals surface area contributed by atoms with E-state index < -0.39 is 0 Å². The lowest BCUT2D eigenvalue weighted by atomic mass is 10.5. The highest BCUT2D eigenvalue weighted by Gasteiger charge is 2.13. The van der Waals surface area contributed by atoms with E-state index in [4.69, 9.17) is 9.47 Å². The van der Waals surface area contributed by atoms with E-state index in [1.165, 1.54) is 35.1 Å². The first-order valence-corrected chi connectivity index (χ1v) is 11.5. The smallest absolute Gasteiger partial charge is 0.263 e. The van der Waals surface area contributed by atoms with Crippen LogP contribution in [0.15, 0.2) is 18.5 Å². The number of carbonyl (C=O) groups is 2. The number of thiazole rings is 2. The summed E-state index contributed by atoms with van der Waals surface area (Å²) in [6.45, 7) is 3.46. The summed E-state index contributed by atoms with van der Waals surface area (Å²) in [5.74, 6) is 1.08. The molecule has 0 radical (unpaired) electrons. The van der Waals surface area contributed by atoms with Gasteiger partial charge in [0.25, 0.3) is 11.8 Å². The average molecular weight is 493 g/mol. The van der Waals surface area contributed by atoms with Gasteiger partial charge in [-0.05, 0) is 6.92 Å². The van der Waals surface area contributed by atoms with Crippen LogP contribution in [0.1, 0.15) is 25.2 Å². The number of nitrogens with zero attached hydrogens (tertiary/aromatic N) is 4. The van der Waals surface area contributed by atoms with Crippen LogP contribution in [0, 0.1) is 6.92 Å². The van der Waals surface area contributed by atoms with E-state index in [1.807, 2.05) is 0 Å². The fourth-order valence-corrected chi connectivity index (χ4v) is 3.98. The summed E-state index contributed by atoms with van der Waals surface area (Å²) in [5, 5.41) is 12.7. The van der Waals surface area contributed by atoms with Gasteiger partial charge in [-0.1, -0.05) is 22.7 Å². The Morgan fingerprint density at radius 2 is 1.30 bits per heavy atom. The first-order valence-electron chi connectivity index (χ1n) is 9.84. The van der Waals surface area contributed by atoms with Gasteiger partial charge in [0.15, 0.2) is 10.3 Å². The summed E-state index contributed by atoms with van der Waals surface area (Å²) in [6.07, 6.45) is 2.99. The number of methoxy groups -OCH3 is 2. The molecule has 12 nitrogen and oxygen atoms in total. The van der Waals surface area contributed by atoms with Gasteiger partial charge in [-0.15, -0.1) is 0 Å². The Morgan fingerprint density at radius 3 is 1.73 bits per heavy atom. The third kappa shape index (κ3) is 7.42. The molecule has 0 spiro atoms. The molecule has 3 rings (SSSR count). The van der Waals surface area contributed by atoms with Gasteiger partial charge in [0, 0.05) is 33.4 Å². The van der Waals surface area contributed by atoms with E-state index in [0.29, 0.717) is 63.8 Å². The van der Waals surface area contributed by atoms with Gasteiger partial charge in [0.1, 0.15) is 27.2 Å². The highest BCUT2D eigenvalue weighted by Crippen LogP contribution is 2.25. The largest absolute Gasteiger partial charge is 0.383 e. The summed E-state index contributed by atoms with van der Waals surface area (Å²) >= 11 is 2.41. The Hall–Kier alpha value is -3.20. The molecule has 0 fully saturated rings. The van der Waals surface area contributed by atoms with Crippen LogP contribution in [0.3, 0.4) is 0 Å². The van der Waals surface area contributed by atoms with Crippen LogP contribution in [0.5, 0.6) is 0 Å². The lowest BCUT2D eigenvalue weighted by molar-refractivity contribution is 0.0933. The van der Waals surface area contributed by atoms with Gasteiger partial charge in [-0.3, -0.25) is 9.59 Å². The molecule has 3 aromatic heterocycles. The standard InChI is InChI=1S/C19H24N8O4S2/c1-11-24-14(26-18-22-9-12(32-18)16(28)20-4-6-30-2)8-15(25-11)27-19-23-10-13(33-19)17(29)21-5-7-31-3/h8-10H,4-7H2,1-3H3,(H,20,28)(H,21,29)(H2,22,23,24,25,26,27). The van der Waals surface area contributed by atoms with Crippen molar-refractivity contribution in [2.24, 2.45) is 0 Å². The van der Waals surface area contributed by atoms with Crippen molar-refractivity contribution in [2.75, 3.05) is 51.2 Å². The summed E-state index contributed by atoms with van der Waals surface area (Å²) in [6, 6.07) is 1.69. The van der Waals surface area contributed by atoms with E-state index in [0.717, 1.165) is 0 Å². The van der Waals surface area contributed by atoms with Crippen molar-refractivity contribution in [3.63, 3.8) is 0 Å². The Bertz CT molecular complexity index is 1010. The fraction of sp³-hybridized carbons (Fsp3) is 0.368. The molecule has 0 aliphatic rings. The second-order valence-electron chi connectivity index (χ2n) is 6.49. The summed E-state index contributed by atoms with van der Waals surface area (Å²) in [4.78, 5) is 42.3. The Balaban J connectivity index is 1.62. The number of aromatic nitrogens is 4. The minimum Gasteiger partial charge on any atom is -0.383 e. The second kappa shape index (κ2) is 12.2. The maximum atomic E-state index is 12.1. The lowest BCUT2D eigenvalue weighted by Crippen LogP contribution is -2.26. The van der Waals surface area contributed by atoms with Gasteiger partial charge in [0.05, 0.1) is 25.6 Å². The molecule has 3 aromatic rings. The molecular formula is C19H24N8O4S2. The molecule has 0 aliphatic carbocycles. The van der Waals surface area contributed by atoms with Crippen molar-refractivity contribution in [3.8, 4) is 0 Å². The minimum absolute atomic E-state index is 0.218. The van der Waals surface area contributed by atoms with Crippen molar-refractivity contribution in [3.05, 3.63) is 34.0 Å². The normalized spacial score (nSPS) is 10.6. The Morgan fingerprint density at radius 1 is 0.848 bits per heavy atom. The SMILES string of the molecule is COCCNC(=O)c1cnc(Nc2cc(Nc3ncc(C(=O)NCCOC)s3)nc(C)n2)s1. The average Bonchev–Trinajstić information content (AvgIpc) is 3.43. The van der Waals surface area contributed by atoms with Crippen LogP contribution < -0.4 is 21.3 Å². The molecule has 0 saturated carbocycles. The second-order valence-corrected chi connectivity index (χ2v) is 8.55. The minimum atomic E-state index is -0.218. The highest BCUT2D eigenvalue weighted by molar-refractivity contribution is 7.17. The van der Waals surface area contributed by atoms with Crippen LogP contribution in [-0.4, -0.2) is 72.3 Å². The number of hydrogen-bond donors (Lipinski definition) is 4. The van der Waals surface area contributed by atoms with Gasteiger partial charge < -0.3 is 30.7 Å². The topological polar surface area (TPSA) is 152 Å². The first kappa shape index (κ1) is 24.4. The van der Waals surface area contributed by atoms with Crippen LogP contribution in [0.4, 0.5) is 21.9 Å². The van der Waals surface area contributed by atoms with Crippen molar-refractivity contribution >= 4 is 56.4 Å². The van der Waals surface area contributed by atoms with Gasteiger partial charge >= 0.3 is 0 Å². The fourth-order valence-electron chi connectivity index (χ4n) is 2.50. The summed E-state index contributed by atoms with van der Waals surface area (Å²) < 4.78 is 9.85. The lowest BCUT2D eigenvalue weighted by Gasteiger charge is -2.07. The molecule has 3 heterocycles. The first-order chi connectivity index (χ1) is 16.0. The van der Waals surface area contributed by atoms with Crippen molar-refractivity contribution in [1.82, 2.24) is 30.6 Å². The molecule has 176 valence electrons. The quantitative estimate of drug-likeness (QED) is 0.276. The predicted octanol–water partition coefficient (Wildman–Crippen LogP) is 1.94. The van der Waals surface area contributed by atoms with Crippen LogP contribution in [0.25, 0.3) is 0 Å². The highest BCUT2D eigenvalue weighted by atomic mass is 32.1. The molecule has 0 aromatic carbocycles. The van der Waals surface area contributed by atoms with Crippen LogP contribution >= 0.6 is 22.7 Å². The zero-order valence-corrected chi connectivity index (χ0v) is 19.9. The molecule has 0 unspecified atom stereocenters. The molecular weight excluding hydrogens is 468 g/mol. The van der Waals surface area contributed by atoms with E-state index in [-0.39, 0.29) is 11.8 Å². The van der Waals surface area contributed by atoms with Gasteiger partial charge in [-0.25, -0.2) is 19.9 Å². The summed E-state index contributed by atoms with van der Waals surface area (Å²) in [7, 11) is 3.14. The molecule has 0 saturated heterocycles. The van der Waals surface area contributed by atoms with Crippen molar-refractivity contribution < 1.29 is 19.1 Å². The van der Waals surface area contributed by atoms with Crippen molar-refractivity contribution in [1.29, 1.82) is 0 Å². The number of aryl methyl sites for hydroxylation is 1. The number of carbonyl (C=O) groups excluding carboxylic acids is 2. The van der Waals surface area contributed by atoms with Gasteiger partial charge in [0.2, 0.25) is 0 Å². The van der Waals surface area contributed by atoms with Crippen molar-refractivity contribution in [2.45, 2.75) is 6.92 Å². The van der Waals surface area contributed by atoms with E-state index in [1.54, 1.807) is 27.2 Å². The third-order valence-electron chi connectivity index (χ3n) is 3.95. The summed E-state index contributed by atoms with van der Waals surface area (Å²) in [5.41, 5.74) is 0. The van der Waals surface area contributed by atoms with Gasteiger partial charge in [-0.2, -0.15) is 0 Å². The maximum absolute atomic E-state index is 12.1. The van der Waals surface area contributed by atoms with E-state index in [9.17, 15) is 9.59 Å². The molecule has 0 bridgehead atoms. The number of ether oxygens (including phenoxy) is 2. The number of amides is 2. The van der Waals surface area contributed by atoms with E-state index in [2.05, 4.69) is 41.2 Å². The number of anilines is 4. The number of nitrogens with one attached hydrogen (secondary N) is 4. The monoisotopic (exact) mass is 492 g/mol. The van der Waals surface area contributed by atoms with Crippen LogP contribution in [0.2, 0.25) is 0 Å². The third-order valence-corrected chi connectivity index (χ3v) is 5.77. The Labute approximate surface area is 198 Å². The molecule has 2 amide bonds. The zero-order chi connectivity index (χ0) is 23.6. The number of rotatable bonds is 12. The molecule has 4 N–H and O–H groups in total. The zero-order valence-electron chi connectivity index (χ0n) is 18.3. The number of hydrogen-bond acceptors (Lipinski definition) is 12.